The van der Waals surface area contributed by atoms with Crippen LogP contribution in [0.2, 0.25) is 0 Å². The van der Waals surface area contributed by atoms with E-state index >= 15 is 0 Å². The number of rotatable bonds is 8. The third-order valence-corrected chi connectivity index (χ3v) is 4.84. The first-order valence-electron chi connectivity index (χ1n) is 8.20. The molecule has 0 unspecified atom stereocenters. The lowest BCUT2D eigenvalue weighted by atomic mass is 10.1. The number of nitrogens with one attached hydrogen (secondary N) is 1. The number of hydrogen-bond donors (Lipinski definition) is 1. The quantitative estimate of drug-likeness (QED) is 0.727. The zero-order valence-corrected chi connectivity index (χ0v) is 15.9. The molecular formula is C17H28N2O4S. The van der Waals surface area contributed by atoms with Crippen LogP contribution < -0.4 is 9.50 Å². The van der Waals surface area contributed by atoms with Gasteiger partial charge in [-0.2, -0.15) is 8.42 Å². The van der Waals surface area contributed by atoms with E-state index in [2.05, 4.69) is 5.32 Å². The van der Waals surface area contributed by atoms with Crippen molar-refractivity contribution in [3.63, 3.8) is 0 Å². The van der Waals surface area contributed by atoms with Crippen molar-refractivity contribution in [3.05, 3.63) is 29.8 Å². The molecule has 0 spiro atoms. The number of urea groups is 1. The lowest BCUT2D eigenvalue weighted by Gasteiger charge is -2.25. The van der Waals surface area contributed by atoms with E-state index < -0.39 is 15.4 Å². The minimum atomic E-state index is -3.63. The normalized spacial score (nSPS) is 11.6. The molecule has 1 N–H and O–H groups in total. The summed E-state index contributed by atoms with van der Waals surface area (Å²) >= 11 is 0. The van der Waals surface area contributed by atoms with Gasteiger partial charge in [0, 0.05) is 19.6 Å². The van der Waals surface area contributed by atoms with Crippen LogP contribution >= 0.6 is 0 Å². The fourth-order valence-electron chi connectivity index (χ4n) is 2.07. The van der Waals surface area contributed by atoms with Crippen LogP contribution in [0.15, 0.2) is 24.3 Å². The van der Waals surface area contributed by atoms with Crippen molar-refractivity contribution in [1.29, 1.82) is 0 Å². The average Bonchev–Trinajstić information content (AvgIpc) is 2.46. The van der Waals surface area contributed by atoms with Crippen molar-refractivity contribution < 1.29 is 17.4 Å². The molecule has 0 fully saturated rings. The van der Waals surface area contributed by atoms with Gasteiger partial charge in [-0.1, -0.05) is 26.0 Å². The van der Waals surface area contributed by atoms with Crippen LogP contribution in [0.1, 0.15) is 40.2 Å². The lowest BCUT2D eigenvalue weighted by Crippen LogP contribution is -2.41. The Labute approximate surface area is 145 Å². The highest BCUT2D eigenvalue weighted by molar-refractivity contribution is 7.87. The minimum Gasteiger partial charge on any atom is -0.382 e. The second-order valence-corrected chi connectivity index (χ2v) is 8.48. The van der Waals surface area contributed by atoms with Gasteiger partial charge >= 0.3 is 16.1 Å². The summed E-state index contributed by atoms with van der Waals surface area (Å²) in [6.45, 7) is 10.7. The van der Waals surface area contributed by atoms with Crippen LogP contribution in [-0.2, 0) is 16.7 Å². The van der Waals surface area contributed by atoms with E-state index in [1.807, 2.05) is 26.8 Å². The summed E-state index contributed by atoms with van der Waals surface area (Å²) < 4.78 is 28.9. The summed E-state index contributed by atoms with van der Waals surface area (Å²) in [4.78, 5) is 13.9. The molecule has 136 valence electrons. The second-order valence-electron chi connectivity index (χ2n) is 6.38. The molecule has 0 radical (unpaired) electrons. The van der Waals surface area contributed by atoms with Crippen LogP contribution in [0, 0.1) is 5.92 Å². The van der Waals surface area contributed by atoms with E-state index in [4.69, 9.17) is 4.18 Å². The maximum atomic E-state index is 12.2. The van der Waals surface area contributed by atoms with Crippen LogP contribution in [-0.4, -0.2) is 37.7 Å². The molecule has 0 aromatic heterocycles. The van der Waals surface area contributed by atoms with Gasteiger partial charge < -0.3 is 14.4 Å². The van der Waals surface area contributed by atoms with Crippen molar-refractivity contribution in [2.75, 3.05) is 13.1 Å². The van der Waals surface area contributed by atoms with Crippen molar-refractivity contribution in [2.24, 2.45) is 5.92 Å². The molecule has 0 bridgehead atoms. The van der Waals surface area contributed by atoms with E-state index in [-0.39, 0.29) is 11.8 Å². The predicted molar refractivity (Wildman–Crippen MR) is 95.4 cm³/mol. The number of carbonyl (C=O) groups is 1. The van der Waals surface area contributed by atoms with Gasteiger partial charge in [-0.25, -0.2) is 4.79 Å². The third-order valence-electron chi connectivity index (χ3n) is 3.26. The Bertz CT molecular complexity index is 642. The number of benzene rings is 1. The molecule has 0 heterocycles. The van der Waals surface area contributed by atoms with E-state index in [0.29, 0.717) is 25.6 Å². The molecule has 1 aromatic carbocycles. The van der Waals surface area contributed by atoms with Gasteiger partial charge in [-0.3, -0.25) is 0 Å². The molecule has 0 aliphatic carbocycles. The van der Waals surface area contributed by atoms with Crippen LogP contribution in [0.25, 0.3) is 0 Å². The van der Waals surface area contributed by atoms with Crippen LogP contribution in [0.3, 0.4) is 0 Å². The Kier molecular flexibility index (Phi) is 7.54. The first kappa shape index (κ1) is 20.3. The van der Waals surface area contributed by atoms with Crippen LogP contribution in [0.5, 0.6) is 5.75 Å². The Morgan fingerprint density at radius 3 is 2.46 bits per heavy atom. The first-order chi connectivity index (χ1) is 11.2. The summed E-state index contributed by atoms with van der Waals surface area (Å²) in [5, 5.41) is 2.18. The van der Waals surface area contributed by atoms with Gasteiger partial charge in [0.1, 0.15) is 5.75 Å². The fraction of sp³-hybridized carbons (Fsp3) is 0.588. The number of amides is 2. The average molecular weight is 356 g/mol. The van der Waals surface area contributed by atoms with Crippen LogP contribution in [0.4, 0.5) is 4.79 Å². The lowest BCUT2D eigenvalue weighted by molar-refractivity contribution is 0.188. The Hall–Kier alpha value is -1.76. The second kappa shape index (κ2) is 8.92. The maximum Gasteiger partial charge on any atom is 0.317 e. The summed E-state index contributed by atoms with van der Waals surface area (Å²) in [7, 11) is -3.63. The minimum absolute atomic E-state index is 0.132. The number of carbonyl (C=O) groups excluding carboxylic acids is 1. The Morgan fingerprint density at radius 1 is 1.25 bits per heavy atom. The summed E-state index contributed by atoms with van der Waals surface area (Å²) in [5.74, 6) is 0.593. The molecule has 1 rings (SSSR count). The van der Waals surface area contributed by atoms with Gasteiger partial charge in [0.2, 0.25) is 0 Å². The third kappa shape index (κ3) is 6.39. The first-order valence-corrected chi connectivity index (χ1v) is 9.67. The largest absolute Gasteiger partial charge is 0.382 e. The van der Waals surface area contributed by atoms with Gasteiger partial charge in [0.15, 0.2) is 0 Å². The van der Waals surface area contributed by atoms with Gasteiger partial charge in [0.05, 0.1) is 5.25 Å². The fourth-order valence-corrected chi connectivity index (χ4v) is 2.63. The van der Waals surface area contributed by atoms with Crippen molar-refractivity contribution in [2.45, 2.75) is 46.4 Å². The molecule has 0 atom stereocenters. The zero-order chi connectivity index (χ0) is 18.3. The Morgan fingerprint density at radius 2 is 1.92 bits per heavy atom. The van der Waals surface area contributed by atoms with Gasteiger partial charge in [-0.05, 0) is 44.4 Å². The molecule has 0 aliphatic rings. The SMILES string of the molecule is CCNC(=O)N(Cc1cccc(OS(=O)(=O)C(C)C)c1)CC(C)C. The molecule has 1 aromatic rings. The highest BCUT2D eigenvalue weighted by Gasteiger charge is 2.19. The molecule has 0 saturated heterocycles. The molecule has 2 amide bonds. The molecule has 7 heteroatoms. The molecular weight excluding hydrogens is 328 g/mol. The molecule has 6 nitrogen and oxygen atoms in total. The highest BCUT2D eigenvalue weighted by atomic mass is 32.2. The Balaban J connectivity index is 2.92. The summed E-state index contributed by atoms with van der Waals surface area (Å²) in [6.07, 6.45) is 0. The maximum absolute atomic E-state index is 12.2. The zero-order valence-electron chi connectivity index (χ0n) is 15.1. The van der Waals surface area contributed by atoms with E-state index in [1.165, 1.54) is 0 Å². The van der Waals surface area contributed by atoms with Crippen molar-refractivity contribution >= 4 is 16.1 Å². The van der Waals surface area contributed by atoms with Gasteiger partial charge in [0.25, 0.3) is 0 Å². The highest BCUT2D eigenvalue weighted by Crippen LogP contribution is 2.19. The van der Waals surface area contributed by atoms with E-state index in [1.54, 1.807) is 36.9 Å². The number of hydrogen-bond acceptors (Lipinski definition) is 4. The smallest absolute Gasteiger partial charge is 0.317 e. The monoisotopic (exact) mass is 356 g/mol. The van der Waals surface area contributed by atoms with Crippen molar-refractivity contribution in [3.8, 4) is 5.75 Å². The topological polar surface area (TPSA) is 75.7 Å². The standard InChI is InChI=1S/C17H28N2O4S/c1-6-18-17(20)19(11-13(2)3)12-15-8-7-9-16(10-15)23-24(21,22)14(4)5/h7-10,13-14H,6,11-12H2,1-5H3,(H,18,20). The summed E-state index contributed by atoms with van der Waals surface area (Å²) in [5.41, 5.74) is 0.818. The number of nitrogens with zero attached hydrogens (tertiary/aromatic N) is 1. The summed E-state index contributed by atoms with van der Waals surface area (Å²) in [6, 6.07) is 6.70. The molecule has 0 saturated carbocycles. The van der Waals surface area contributed by atoms with Crippen molar-refractivity contribution in [1.82, 2.24) is 10.2 Å². The molecule has 24 heavy (non-hydrogen) atoms. The van der Waals surface area contributed by atoms with E-state index in [0.717, 1.165) is 5.56 Å². The predicted octanol–water partition coefficient (Wildman–Crippen LogP) is 2.99. The van der Waals surface area contributed by atoms with Gasteiger partial charge in [-0.15, -0.1) is 0 Å². The molecule has 0 aliphatic heterocycles. The van der Waals surface area contributed by atoms with E-state index in [9.17, 15) is 13.2 Å².